The van der Waals surface area contributed by atoms with Gasteiger partial charge in [-0.3, -0.25) is 62.9 Å². The van der Waals surface area contributed by atoms with Crippen molar-refractivity contribution >= 4 is 102 Å². The summed E-state index contributed by atoms with van der Waals surface area (Å²) in [6.45, 7) is 10.7. The number of thiol groups is 2. The molecule has 425 valence electrons. The number of nitrogens with one attached hydrogen (secondary N) is 12. The molecule has 0 saturated carbocycles. The third-order valence-corrected chi connectivity index (χ3v) is 11.4. The molecule has 0 spiro atoms. The average molecular weight is 1110 g/mol. The summed E-state index contributed by atoms with van der Waals surface area (Å²) in [6, 6.07) is -16.2. The highest BCUT2D eigenvalue weighted by Gasteiger charge is 2.36. The first kappa shape index (κ1) is 68.6. The van der Waals surface area contributed by atoms with E-state index in [4.69, 9.17) is 22.6 Å². The van der Waals surface area contributed by atoms with E-state index in [1.807, 2.05) is 13.8 Å². The van der Waals surface area contributed by atoms with E-state index in [9.17, 15) is 72.9 Å². The fourth-order valence-corrected chi connectivity index (χ4v) is 6.77. The maximum atomic E-state index is 13.4. The molecule has 0 fully saturated rings. The first-order valence-corrected chi connectivity index (χ1v) is 24.9. The van der Waals surface area contributed by atoms with Crippen LogP contribution in [-0.4, -0.2) is 195 Å². The topological polar surface area (TPSA) is 500 Å². The Morgan fingerprint density at radius 3 is 1.27 bits per heavy atom. The van der Waals surface area contributed by atoms with Gasteiger partial charge < -0.3 is 91.0 Å². The largest absolute Gasteiger partial charge is 0.391 e. The maximum absolute atomic E-state index is 13.4. The minimum absolute atomic E-state index is 0.0127. The molecule has 0 aromatic heterocycles. The number of hydrogen-bond donors (Lipinski definition) is 20. The minimum Gasteiger partial charge on any atom is -0.391 e. The first-order chi connectivity index (χ1) is 34.8. The van der Waals surface area contributed by atoms with Crippen LogP contribution in [0.2, 0.25) is 0 Å². The van der Waals surface area contributed by atoms with Crippen molar-refractivity contribution in [1.82, 2.24) is 58.5 Å². The fourth-order valence-electron chi connectivity index (χ4n) is 6.35. The lowest BCUT2D eigenvalue weighted by Gasteiger charge is -2.28. The summed E-state index contributed by atoms with van der Waals surface area (Å²) in [5.74, 6) is -12.0. The van der Waals surface area contributed by atoms with Crippen molar-refractivity contribution in [2.75, 3.05) is 18.1 Å². The number of rotatable bonds is 34. The molecule has 0 aliphatic carbocycles. The summed E-state index contributed by atoms with van der Waals surface area (Å²) < 4.78 is 0. The summed E-state index contributed by atoms with van der Waals surface area (Å²) in [6.07, 6.45) is -3.32. The van der Waals surface area contributed by atoms with Crippen LogP contribution in [0.5, 0.6) is 0 Å². The van der Waals surface area contributed by atoms with Crippen molar-refractivity contribution in [1.29, 1.82) is 5.41 Å². The molecular weight excluding hydrogens is 1030 g/mol. The molecule has 75 heavy (non-hydrogen) atoms. The Balaban J connectivity index is 5.83. The van der Waals surface area contributed by atoms with Crippen molar-refractivity contribution in [3.63, 3.8) is 0 Å². The van der Waals surface area contributed by atoms with Gasteiger partial charge in [-0.2, -0.15) is 25.3 Å². The SMILES string of the molecule is CC(C)C[C@@H]([C]=O)NC(=O)[C@H](CCCNC(=N)N)NC(=O)[C@H](C)NC(=O)[C@@H](NC(=O)[C@H](C)NC(=O)[C@H](CS)NC(=O)[C@@H](NC(=O)[C@H](C)NC(=O)[C@@H](NC(=O)[C@H](CC(N)=O)NC(=O)[C@@H](N)CS)[C@@H](C)O)[C@@H](C)O)[C@@H](C)O. The van der Waals surface area contributed by atoms with Crippen molar-refractivity contribution < 1.29 is 72.9 Å². The van der Waals surface area contributed by atoms with Gasteiger partial charge in [0.2, 0.25) is 71.3 Å². The van der Waals surface area contributed by atoms with E-state index in [0.29, 0.717) is 0 Å². The number of hydrogen-bond acceptors (Lipinski definition) is 19. The summed E-state index contributed by atoms with van der Waals surface area (Å²) >= 11 is 7.98. The van der Waals surface area contributed by atoms with Gasteiger partial charge in [-0.05, 0) is 66.7 Å². The van der Waals surface area contributed by atoms with Gasteiger partial charge in [0.05, 0.1) is 36.8 Å². The summed E-state index contributed by atoms with van der Waals surface area (Å²) in [5.41, 5.74) is 16.1. The third-order valence-electron chi connectivity index (χ3n) is 10.6. The maximum Gasteiger partial charge on any atom is 0.245 e. The monoisotopic (exact) mass is 1110 g/mol. The molecule has 0 heterocycles. The van der Waals surface area contributed by atoms with E-state index >= 15 is 0 Å². The molecule has 11 amide bonds. The second-order valence-corrected chi connectivity index (χ2v) is 18.7. The lowest BCUT2D eigenvalue weighted by Crippen LogP contribution is -2.63. The number of guanidine groups is 1. The number of aliphatic hydroxyl groups is 3. The Hall–Kier alpha value is -6.35. The Morgan fingerprint density at radius 1 is 0.507 bits per heavy atom. The molecule has 14 atom stereocenters. The summed E-state index contributed by atoms with van der Waals surface area (Å²) in [7, 11) is 0. The molecule has 0 rings (SSSR count). The fraction of sp³-hybridized carbons (Fsp3) is 0.698. The van der Waals surface area contributed by atoms with E-state index < -0.39 is 162 Å². The molecule has 0 saturated heterocycles. The quantitative estimate of drug-likeness (QED) is 0.0123. The van der Waals surface area contributed by atoms with Crippen LogP contribution in [0.15, 0.2) is 0 Å². The number of aliphatic hydroxyl groups excluding tert-OH is 3. The molecule has 32 heteroatoms. The predicted molar refractivity (Wildman–Crippen MR) is 275 cm³/mol. The van der Waals surface area contributed by atoms with Gasteiger partial charge in [0, 0.05) is 18.1 Å². The summed E-state index contributed by atoms with van der Waals surface area (Å²) in [4.78, 5) is 155. The lowest BCUT2D eigenvalue weighted by molar-refractivity contribution is -0.137. The third kappa shape index (κ3) is 25.6. The number of amides is 11. The summed E-state index contributed by atoms with van der Waals surface area (Å²) in [5, 5.41) is 64.1. The van der Waals surface area contributed by atoms with E-state index in [0.717, 1.165) is 27.7 Å². The number of carbonyl (C=O) groups is 11. The Morgan fingerprint density at radius 2 is 0.880 bits per heavy atom. The highest BCUT2D eigenvalue weighted by Crippen LogP contribution is 2.07. The van der Waals surface area contributed by atoms with Crippen LogP contribution < -0.4 is 75.7 Å². The smallest absolute Gasteiger partial charge is 0.245 e. The second kappa shape index (κ2) is 34.3. The number of nitrogens with two attached hydrogens (primary N) is 3. The van der Waals surface area contributed by atoms with Crippen molar-refractivity contribution in [2.24, 2.45) is 23.1 Å². The standard InChI is InChI=1S/C43H76N15O15S2/c1-17(2)12-24(14-59)52-37(68)26(10-9-11-48-43(46)47)53-33(64)18(3)50-40(71)30(21(6)60)56-34(65)19(4)49-39(70)28(16-75)55-42(73)32(23(8)62)57-35(66)20(5)51-41(72)31(22(7)61)58-38(69)27(13-29(45)63)54-36(67)25(44)15-74/h17-28,30-32,60-62,74-75H,9-13,15-16,44H2,1-8H3,(H2,45,63)(H,49,70)(H,50,71)(H,51,72)(H,52,68)(H,53,64)(H,54,67)(H,55,73)(H,56,65)(H,57,66)(H,58,69)(H4,46,47,48)/t18-,19-,20-,21+,22+,23+,24-,25-,26-,27-,28-,30-,31-,32-/m0/s1. The van der Waals surface area contributed by atoms with Crippen LogP contribution in [0.3, 0.4) is 0 Å². The molecule has 30 nitrogen and oxygen atoms in total. The zero-order valence-electron chi connectivity index (χ0n) is 43.0. The highest BCUT2D eigenvalue weighted by molar-refractivity contribution is 7.80. The Bertz CT molecular complexity index is 2020. The lowest BCUT2D eigenvalue weighted by atomic mass is 10.0. The molecule has 0 aromatic carbocycles. The van der Waals surface area contributed by atoms with Crippen LogP contribution in [0.4, 0.5) is 0 Å². The molecular formula is C43H76N15O15S2. The molecule has 0 bridgehead atoms. The normalized spacial score (nSPS) is 16.7. The van der Waals surface area contributed by atoms with Crippen LogP contribution >= 0.6 is 25.3 Å². The molecule has 0 aliphatic rings. The van der Waals surface area contributed by atoms with Gasteiger partial charge in [0.1, 0.15) is 54.4 Å². The Kier molecular flexibility index (Phi) is 31.4. The molecule has 0 aliphatic heterocycles. The van der Waals surface area contributed by atoms with Gasteiger partial charge in [-0.15, -0.1) is 0 Å². The highest BCUT2D eigenvalue weighted by atomic mass is 32.1. The Labute approximate surface area is 444 Å². The number of primary amides is 1. The molecule has 21 N–H and O–H groups in total. The first-order valence-electron chi connectivity index (χ1n) is 23.6. The van der Waals surface area contributed by atoms with Gasteiger partial charge in [-0.1, -0.05) is 13.8 Å². The predicted octanol–water partition coefficient (Wildman–Crippen LogP) is -8.48. The zero-order chi connectivity index (χ0) is 58.0. The van der Waals surface area contributed by atoms with Gasteiger partial charge >= 0.3 is 0 Å². The average Bonchev–Trinajstić information content (AvgIpc) is 3.31. The van der Waals surface area contributed by atoms with Gasteiger partial charge in [-0.25, -0.2) is 0 Å². The second-order valence-electron chi connectivity index (χ2n) is 18.0. The van der Waals surface area contributed by atoms with E-state index in [1.54, 1.807) is 6.29 Å². The van der Waals surface area contributed by atoms with E-state index in [1.165, 1.54) is 13.8 Å². The zero-order valence-corrected chi connectivity index (χ0v) is 44.8. The van der Waals surface area contributed by atoms with E-state index in [2.05, 4.69) is 83.7 Å². The van der Waals surface area contributed by atoms with Crippen LogP contribution in [-0.2, 0) is 57.5 Å². The molecule has 1 radical (unpaired) electrons. The van der Waals surface area contributed by atoms with Crippen molar-refractivity contribution in [3.05, 3.63) is 0 Å². The minimum atomic E-state index is -1.79. The number of carbonyl (C=O) groups excluding carboxylic acids is 12. The van der Waals surface area contributed by atoms with Crippen molar-refractivity contribution in [3.8, 4) is 0 Å². The van der Waals surface area contributed by atoms with Crippen molar-refractivity contribution in [2.45, 2.75) is 166 Å². The molecule has 0 aromatic rings. The van der Waals surface area contributed by atoms with Crippen LogP contribution in [0.1, 0.15) is 81.1 Å². The van der Waals surface area contributed by atoms with Gasteiger partial charge in [0.25, 0.3) is 0 Å². The van der Waals surface area contributed by atoms with Crippen LogP contribution in [0, 0.1) is 11.3 Å². The van der Waals surface area contributed by atoms with E-state index in [-0.39, 0.29) is 43.4 Å². The molecule has 0 unspecified atom stereocenters. The van der Waals surface area contributed by atoms with Gasteiger partial charge in [0.15, 0.2) is 5.96 Å². The van der Waals surface area contributed by atoms with Crippen LogP contribution in [0.25, 0.3) is 0 Å².